The lowest BCUT2D eigenvalue weighted by atomic mass is 10.2. The van der Waals surface area contributed by atoms with Crippen molar-refractivity contribution < 1.29 is 13.9 Å². The van der Waals surface area contributed by atoms with Gasteiger partial charge < -0.3 is 9.15 Å². The molecule has 0 bridgehead atoms. The number of carbonyl (C=O) groups excluding carboxylic acids is 1. The van der Waals surface area contributed by atoms with E-state index in [4.69, 9.17) is 20.8 Å². The first-order valence-electron chi connectivity index (χ1n) is 6.42. The van der Waals surface area contributed by atoms with Crippen molar-refractivity contribution >= 4 is 39.6 Å². The molecule has 0 radical (unpaired) electrons. The van der Waals surface area contributed by atoms with Gasteiger partial charge in [-0.05, 0) is 12.1 Å². The van der Waals surface area contributed by atoms with Crippen LogP contribution in [0.5, 0.6) is 0 Å². The lowest BCUT2D eigenvalue weighted by Crippen LogP contribution is -2.25. The molecule has 0 aliphatic heterocycles. The minimum atomic E-state index is -0.610. The number of rotatable bonds is 4. The third kappa shape index (κ3) is 2.60. The Morgan fingerprint density at radius 3 is 2.95 bits per heavy atom. The quantitative estimate of drug-likeness (QED) is 0.691. The van der Waals surface area contributed by atoms with Crippen molar-refractivity contribution in [1.82, 2.24) is 9.55 Å². The van der Waals surface area contributed by atoms with Crippen molar-refractivity contribution in [3.63, 3.8) is 0 Å². The Hall–Kier alpha value is -2.60. The summed E-state index contributed by atoms with van der Waals surface area (Å²) in [5.41, 5.74) is 0.710. The highest BCUT2D eigenvalue weighted by Crippen LogP contribution is 2.23. The maximum absolute atomic E-state index is 12.3. The number of hydrogen-bond donors (Lipinski definition) is 0. The van der Waals surface area contributed by atoms with Crippen molar-refractivity contribution in [3.05, 3.63) is 52.6 Å². The number of aromatic nitrogens is 2. The second kappa shape index (κ2) is 5.65. The van der Waals surface area contributed by atoms with Gasteiger partial charge >= 0.3 is 5.97 Å². The molecule has 6 nitrogen and oxygen atoms in total. The molecule has 0 fully saturated rings. The van der Waals surface area contributed by atoms with E-state index >= 15 is 0 Å². The van der Waals surface area contributed by atoms with Crippen LogP contribution in [0.2, 0.25) is 0 Å². The Kier molecular flexibility index (Phi) is 3.68. The predicted molar refractivity (Wildman–Crippen MR) is 81.7 cm³/mol. The summed E-state index contributed by atoms with van der Waals surface area (Å²) in [6.45, 7) is 3.03. The van der Waals surface area contributed by atoms with Crippen molar-refractivity contribution in [1.29, 1.82) is 0 Å². The lowest BCUT2D eigenvalue weighted by molar-refractivity contribution is -0.143. The Bertz CT molecular complexity index is 942. The smallest absolute Gasteiger partial charge is 0.326 e. The first-order chi connectivity index (χ1) is 10.6. The van der Waals surface area contributed by atoms with E-state index in [1.807, 2.05) is 12.1 Å². The van der Waals surface area contributed by atoms with Gasteiger partial charge in [-0.15, -0.1) is 0 Å². The van der Waals surface area contributed by atoms with E-state index in [-0.39, 0.29) is 23.8 Å². The van der Waals surface area contributed by atoms with E-state index in [0.29, 0.717) is 11.1 Å². The van der Waals surface area contributed by atoms with Gasteiger partial charge in [0.15, 0.2) is 0 Å². The summed E-state index contributed by atoms with van der Waals surface area (Å²) in [6.07, 6.45) is 1.30. The Morgan fingerprint density at radius 2 is 2.18 bits per heavy atom. The van der Waals surface area contributed by atoms with Gasteiger partial charge in [-0.25, -0.2) is 4.98 Å². The fourth-order valence-corrected chi connectivity index (χ4v) is 2.13. The number of benzene rings is 1. The molecule has 22 heavy (non-hydrogen) atoms. The van der Waals surface area contributed by atoms with Crippen LogP contribution in [0.15, 0.2) is 51.4 Å². The highest BCUT2D eigenvalue weighted by molar-refractivity contribution is 6.29. The third-order valence-corrected chi connectivity index (χ3v) is 3.15. The first kappa shape index (κ1) is 14.3. The monoisotopic (exact) mass is 318 g/mol. The van der Waals surface area contributed by atoms with Crippen LogP contribution in [0.3, 0.4) is 0 Å². The summed E-state index contributed by atoms with van der Waals surface area (Å²) >= 11 is 5.51. The lowest BCUT2D eigenvalue weighted by Gasteiger charge is -2.05. The fraction of sp³-hybridized carbons (Fsp3) is 0.133. The van der Waals surface area contributed by atoms with E-state index in [1.54, 1.807) is 12.1 Å². The maximum atomic E-state index is 12.3. The third-order valence-electron chi connectivity index (χ3n) is 3.04. The molecule has 2 aromatic heterocycles. The number of carbonyl (C=O) groups is 1. The Balaban J connectivity index is 1.97. The standard InChI is InChI=1S/C15H11ClN2O4/c1-9(16)7-21-12(19)6-18-8-17-13-10-4-2-3-5-11(10)22-14(13)15(18)20/h2-5,8H,1,6-7H2. The van der Waals surface area contributed by atoms with E-state index in [1.165, 1.54) is 6.33 Å². The molecule has 0 saturated carbocycles. The molecule has 7 heteroatoms. The van der Waals surface area contributed by atoms with E-state index in [9.17, 15) is 9.59 Å². The van der Waals surface area contributed by atoms with Crippen LogP contribution in [-0.4, -0.2) is 22.1 Å². The van der Waals surface area contributed by atoms with Crippen LogP contribution in [0, 0.1) is 0 Å². The Morgan fingerprint density at radius 1 is 1.41 bits per heavy atom. The molecule has 2 heterocycles. The fourth-order valence-electron chi connectivity index (χ4n) is 2.07. The molecular weight excluding hydrogens is 308 g/mol. The summed E-state index contributed by atoms with van der Waals surface area (Å²) < 4.78 is 11.5. The summed E-state index contributed by atoms with van der Waals surface area (Å²) in [5, 5.41) is 0.953. The number of ether oxygens (including phenoxy) is 1. The van der Waals surface area contributed by atoms with Crippen molar-refractivity contribution in [2.75, 3.05) is 6.61 Å². The van der Waals surface area contributed by atoms with Crippen LogP contribution in [0.1, 0.15) is 0 Å². The number of para-hydroxylation sites is 1. The number of nitrogens with zero attached hydrogens (tertiary/aromatic N) is 2. The topological polar surface area (TPSA) is 74.3 Å². The average molecular weight is 319 g/mol. The molecule has 0 amide bonds. The van der Waals surface area contributed by atoms with Gasteiger partial charge in [-0.1, -0.05) is 30.3 Å². The Labute approximate surface area is 129 Å². The van der Waals surface area contributed by atoms with Crippen LogP contribution >= 0.6 is 11.6 Å². The normalized spacial score (nSPS) is 11.0. The number of hydrogen-bond acceptors (Lipinski definition) is 5. The highest BCUT2D eigenvalue weighted by atomic mass is 35.5. The number of halogens is 1. The molecule has 0 aliphatic carbocycles. The molecular formula is C15H11ClN2O4. The molecule has 112 valence electrons. The van der Waals surface area contributed by atoms with Gasteiger partial charge in [-0.3, -0.25) is 14.2 Å². The minimum absolute atomic E-state index is 0.102. The first-order valence-corrected chi connectivity index (χ1v) is 6.79. The molecule has 1 aromatic carbocycles. The summed E-state index contributed by atoms with van der Waals surface area (Å²) in [5.74, 6) is -0.610. The molecule has 0 saturated heterocycles. The van der Waals surface area contributed by atoms with E-state index in [2.05, 4.69) is 11.6 Å². The van der Waals surface area contributed by atoms with Crippen LogP contribution in [0.4, 0.5) is 0 Å². The zero-order valence-corrected chi connectivity index (χ0v) is 12.2. The van der Waals surface area contributed by atoms with Crippen LogP contribution < -0.4 is 5.56 Å². The maximum Gasteiger partial charge on any atom is 0.326 e. The van der Waals surface area contributed by atoms with E-state index < -0.39 is 11.5 Å². The largest absolute Gasteiger partial charge is 0.459 e. The van der Waals surface area contributed by atoms with Crippen molar-refractivity contribution in [3.8, 4) is 0 Å². The second-order valence-corrected chi connectivity index (χ2v) is 5.17. The molecule has 0 spiro atoms. The van der Waals surface area contributed by atoms with Gasteiger partial charge in [-0.2, -0.15) is 0 Å². The molecule has 3 aromatic rings. The summed E-state index contributed by atoms with van der Waals surface area (Å²) in [6, 6.07) is 7.21. The zero-order chi connectivity index (χ0) is 15.7. The number of fused-ring (bicyclic) bond motifs is 3. The second-order valence-electron chi connectivity index (χ2n) is 4.63. The summed E-state index contributed by atoms with van der Waals surface area (Å²) in [4.78, 5) is 28.2. The zero-order valence-electron chi connectivity index (χ0n) is 11.4. The van der Waals surface area contributed by atoms with Gasteiger partial charge in [0, 0.05) is 10.4 Å². The number of esters is 1. The van der Waals surface area contributed by atoms with Crippen LogP contribution in [0.25, 0.3) is 22.1 Å². The molecule has 0 aliphatic rings. The SMILES string of the molecule is C=C(Cl)COC(=O)Cn1cnc2c(oc3ccccc32)c1=O. The predicted octanol–water partition coefficient (Wildman–Crippen LogP) is 2.44. The number of furan rings is 1. The van der Waals surface area contributed by atoms with Gasteiger partial charge in [0.2, 0.25) is 5.58 Å². The van der Waals surface area contributed by atoms with Gasteiger partial charge in [0.25, 0.3) is 5.56 Å². The highest BCUT2D eigenvalue weighted by Gasteiger charge is 2.14. The minimum Gasteiger partial charge on any atom is -0.459 e. The molecule has 3 rings (SSSR count). The van der Waals surface area contributed by atoms with Crippen LogP contribution in [-0.2, 0) is 16.1 Å². The van der Waals surface area contributed by atoms with Gasteiger partial charge in [0.1, 0.15) is 24.3 Å². The summed E-state index contributed by atoms with van der Waals surface area (Å²) in [7, 11) is 0. The van der Waals surface area contributed by atoms with Crippen molar-refractivity contribution in [2.45, 2.75) is 6.54 Å². The van der Waals surface area contributed by atoms with Crippen molar-refractivity contribution in [2.24, 2.45) is 0 Å². The molecule has 0 atom stereocenters. The molecule has 0 N–H and O–H groups in total. The average Bonchev–Trinajstić information content (AvgIpc) is 2.87. The molecule has 0 unspecified atom stereocenters. The van der Waals surface area contributed by atoms with Gasteiger partial charge in [0.05, 0.1) is 6.33 Å². The van der Waals surface area contributed by atoms with E-state index in [0.717, 1.165) is 9.95 Å².